The van der Waals surface area contributed by atoms with Crippen LogP contribution in [0.15, 0.2) is 9.12 Å². The van der Waals surface area contributed by atoms with Gasteiger partial charge in [-0.25, -0.2) is 4.79 Å². The van der Waals surface area contributed by atoms with Crippen LogP contribution >= 0.6 is 34.2 Å². The van der Waals surface area contributed by atoms with Gasteiger partial charge in [0.1, 0.15) is 12.6 Å². The van der Waals surface area contributed by atoms with Crippen LogP contribution in [0.2, 0.25) is 0 Å². The first-order chi connectivity index (χ1) is 6.63. The molecular weight excluding hydrogens is 320 g/mol. The summed E-state index contributed by atoms with van der Waals surface area (Å²) in [5.74, 6) is -0.533. The van der Waals surface area contributed by atoms with Crippen molar-refractivity contribution >= 4 is 46.1 Å². The molecule has 14 heavy (non-hydrogen) atoms. The van der Waals surface area contributed by atoms with E-state index in [1.807, 2.05) is 22.6 Å². The van der Waals surface area contributed by atoms with Gasteiger partial charge in [0.2, 0.25) is 5.91 Å². The molecule has 6 heteroatoms. The molecule has 1 atom stereocenters. The van der Waals surface area contributed by atoms with Gasteiger partial charge >= 0.3 is 5.97 Å². The van der Waals surface area contributed by atoms with Crippen LogP contribution < -0.4 is 5.32 Å². The van der Waals surface area contributed by atoms with Gasteiger partial charge in [-0.15, -0.1) is 0 Å². The average Bonchev–Trinajstić information content (AvgIpc) is 2.60. The number of rotatable bonds is 3. The van der Waals surface area contributed by atoms with Crippen molar-refractivity contribution in [2.75, 3.05) is 6.61 Å². The number of hydrogen-bond donors (Lipinski definition) is 1. The van der Waals surface area contributed by atoms with E-state index in [1.165, 1.54) is 0 Å². The van der Waals surface area contributed by atoms with Crippen molar-refractivity contribution in [3.8, 4) is 0 Å². The van der Waals surface area contributed by atoms with Crippen LogP contribution in [-0.2, 0) is 14.3 Å². The van der Waals surface area contributed by atoms with E-state index < -0.39 is 12.0 Å². The normalized spacial score (nSPS) is 22.0. The third kappa shape index (κ3) is 3.45. The number of carbonyl (C=O) groups excluding carboxylic acids is 2. The molecule has 0 aromatic heterocycles. The Kier molecular flexibility index (Phi) is 4.67. The van der Waals surface area contributed by atoms with Crippen molar-refractivity contribution in [2.24, 2.45) is 0 Å². The summed E-state index contributed by atoms with van der Waals surface area (Å²) >= 11 is 7.59. The van der Waals surface area contributed by atoms with Crippen LogP contribution in [0.5, 0.6) is 0 Å². The Labute approximate surface area is 100 Å². The second-order valence-corrected chi connectivity index (χ2v) is 3.93. The molecule has 0 aliphatic carbocycles. The standard InChI is InChI=1S/C8H9ClINO3/c9-5(3-10)4-14-8(13)6-1-2-7(12)11-6/h3,6H,1-2,4H2,(H,11,12)/b5-3+/t6-/m0/s1. The van der Waals surface area contributed by atoms with E-state index in [-0.39, 0.29) is 12.5 Å². The fourth-order valence-electron chi connectivity index (χ4n) is 1.06. The van der Waals surface area contributed by atoms with Crippen LogP contribution in [0.3, 0.4) is 0 Å². The van der Waals surface area contributed by atoms with Gasteiger partial charge in [0, 0.05) is 6.42 Å². The van der Waals surface area contributed by atoms with Gasteiger partial charge in [0.25, 0.3) is 0 Å². The van der Waals surface area contributed by atoms with Crippen LogP contribution in [0.4, 0.5) is 0 Å². The molecule has 0 spiro atoms. The monoisotopic (exact) mass is 329 g/mol. The molecule has 1 saturated heterocycles. The molecule has 0 radical (unpaired) electrons. The first kappa shape index (κ1) is 11.8. The van der Waals surface area contributed by atoms with Gasteiger partial charge in [-0.1, -0.05) is 34.2 Å². The predicted octanol–water partition coefficient (Wildman–Crippen LogP) is 1.32. The molecule has 1 amide bonds. The van der Waals surface area contributed by atoms with E-state index in [4.69, 9.17) is 16.3 Å². The molecule has 1 aliphatic heterocycles. The maximum atomic E-state index is 11.3. The van der Waals surface area contributed by atoms with Gasteiger partial charge in [0.05, 0.1) is 5.03 Å². The molecule has 78 valence electrons. The van der Waals surface area contributed by atoms with Crippen LogP contribution in [0, 0.1) is 0 Å². The summed E-state index contributed by atoms with van der Waals surface area (Å²) in [7, 11) is 0. The average molecular weight is 330 g/mol. The smallest absolute Gasteiger partial charge is 0.329 e. The molecular formula is C8H9ClINO3. The van der Waals surface area contributed by atoms with Crippen molar-refractivity contribution in [3.63, 3.8) is 0 Å². The topological polar surface area (TPSA) is 55.4 Å². The van der Waals surface area contributed by atoms with Crippen molar-refractivity contribution in [2.45, 2.75) is 18.9 Å². The zero-order valence-corrected chi connectivity index (χ0v) is 10.2. The number of nitrogens with one attached hydrogen (secondary N) is 1. The minimum absolute atomic E-state index is 0.0652. The lowest BCUT2D eigenvalue weighted by Gasteiger charge is -2.08. The first-order valence-electron chi connectivity index (χ1n) is 4.04. The fraction of sp³-hybridized carbons (Fsp3) is 0.500. The molecule has 0 unspecified atom stereocenters. The van der Waals surface area contributed by atoms with E-state index in [9.17, 15) is 9.59 Å². The number of esters is 1. The molecule has 0 bridgehead atoms. The van der Waals surface area contributed by atoms with Gasteiger partial charge < -0.3 is 10.1 Å². The molecule has 0 aromatic rings. The second-order valence-electron chi connectivity index (χ2n) is 2.82. The van der Waals surface area contributed by atoms with Gasteiger partial charge in [-0.2, -0.15) is 0 Å². The summed E-state index contributed by atoms with van der Waals surface area (Å²) in [4.78, 5) is 22.1. The Morgan fingerprint density at radius 1 is 1.79 bits per heavy atom. The summed E-state index contributed by atoms with van der Waals surface area (Å²) in [6, 6.07) is -0.499. The molecule has 1 heterocycles. The highest BCUT2D eigenvalue weighted by molar-refractivity contribution is 14.1. The highest BCUT2D eigenvalue weighted by atomic mass is 127. The largest absolute Gasteiger partial charge is 0.458 e. The van der Waals surface area contributed by atoms with E-state index >= 15 is 0 Å². The minimum Gasteiger partial charge on any atom is -0.458 e. The summed E-state index contributed by atoms with van der Waals surface area (Å²) in [6.07, 6.45) is 0.888. The SMILES string of the molecule is O=C1CC[C@@H](C(=O)OC/C(Cl)=C\I)N1. The lowest BCUT2D eigenvalue weighted by Crippen LogP contribution is -2.34. The zero-order valence-electron chi connectivity index (χ0n) is 7.26. The van der Waals surface area contributed by atoms with Crippen molar-refractivity contribution < 1.29 is 14.3 Å². The molecule has 0 saturated carbocycles. The summed E-state index contributed by atoms with van der Waals surface area (Å²) in [5, 5.41) is 2.98. The van der Waals surface area contributed by atoms with Crippen LogP contribution in [0.1, 0.15) is 12.8 Å². The highest BCUT2D eigenvalue weighted by Crippen LogP contribution is 2.10. The van der Waals surface area contributed by atoms with Crippen LogP contribution in [0.25, 0.3) is 0 Å². The second kappa shape index (κ2) is 5.55. The number of ether oxygens (including phenoxy) is 1. The quantitative estimate of drug-likeness (QED) is 0.628. The zero-order chi connectivity index (χ0) is 10.6. The molecule has 1 N–H and O–H groups in total. The van der Waals surface area contributed by atoms with Crippen LogP contribution in [-0.4, -0.2) is 24.5 Å². The van der Waals surface area contributed by atoms with E-state index in [0.29, 0.717) is 17.9 Å². The van der Waals surface area contributed by atoms with Gasteiger partial charge in [-0.05, 0) is 10.5 Å². The molecule has 0 aromatic carbocycles. The molecule has 1 aliphatic rings. The van der Waals surface area contributed by atoms with Crippen molar-refractivity contribution in [3.05, 3.63) is 9.12 Å². The molecule has 1 rings (SSSR count). The van der Waals surface area contributed by atoms with E-state index in [1.54, 1.807) is 4.08 Å². The van der Waals surface area contributed by atoms with Gasteiger partial charge in [-0.3, -0.25) is 4.79 Å². The fourth-order valence-corrected chi connectivity index (χ4v) is 1.30. The predicted molar refractivity (Wildman–Crippen MR) is 60.1 cm³/mol. The lowest BCUT2D eigenvalue weighted by atomic mass is 10.2. The van der Waals surface area contributed by atoms with Gasteiger partial charge in [0.15, 0.2) is 0 Å². The number of halogens is 2. The Bertz CT molecular complexity index is 280. The van der Waals surface area contributed by atoms with Crippen molar-refractivity contribution in [1.82, 2.24) is 5.32 Å². The number of hydrogen-bond acceptors (Lipinski definition) is 3. The highest BCUT2D eigenvalue weighted by Gasteiger charge is 2.28. The Hall–Kier alpha value is -0.300. The maximum absolute atomic E-state index is 11.3. The summed E-state index contributed by atoms with van der Waals surface area (Å²) in [6.45, 7) is 0.0652. The third-order valence-corrected chi connectivity index (χ3v) is 3.09. The number of carbonyl (C=O) groups is 2. The lowest BCUT2D eigenvalue weighted by molar-refractivity contribution is -0.145. The number of amides is 1. The van der Waals surface area contributed by atoms with E-state index in [2.05, 4.69) is 5.32 Å². The third-order valence-electron chi connectivity index (χ3n) is 1.75. The Balaban J connectivity index is 2.32. The Morgan fingerprint density at radius 2 is 2.50 bits per heavy atom. The minimum atomic E-state index is -0.499. The molecule has 4 nitrogen and oxygen atoms in total. The van der Waals surface area contributed by atoms with E-state index in [0.717, 1.165) is 0 Å². The summed E-state index contributed by atoms with van der Waals surface area (Å²) < 4.78 is 6.49. The summed E-state index contributed by atoms with van der Waals surface area (Å²) in [5.41, 5.74) is 0. The molecule has 1 fully saturated rings. The Morgan fingerprint density at radius 3 is 3.00 bits per heavy atom. The first-order valence-corrected chi connectivity index (χ1v) is 5.66. The van der Waals surface area contributed by atoms with Crippen molar-refractivity contribution in [1.29, 1.82) is 0 Å². The maximum Gasteiger partial charge on any atom is 0.329 e.